The van der Waals surface area contributed by atoms with Crippen LogP contribution in [-0.4, -0.2) is 61.7 Å². The highest BCUT2D eigenvalue weighted by Gasteiger charge is 2.25. The Morgan fingerprint density at radius 3 is 2.81 bits per heavy atom. The molecule has 1 saturated heterocycles. The predicted molar refractivity (Wildman–Crippen MR) is 124 cm³/mol. The van der Waals surface area contributed by atoms with Crippen LogP contribution in [0, 0.1) is 0 Å². The Labute approximate surface area is 187 Å². The zero-order valence-corrected chi connectivity index (χ0v) is 18.9. The second-order valence-corrected chi connectivity index (χ2v) is 9.74. The van der Waals surface area contributed by atoms with E-state index in [1.54, 1.807) is 18.6 Å². The van der Waals surface area contributed by atoms with Crippen molar-refractivity contribution in [1.29, 1.82) is 0 Å². The third-order valence-electron chi connectivity index (χ3n) is 6.48. The molecule has 2 aliphatic rings. The van der Waals surface area contributed by atoms with Crippen molar-refractivity contribution in [2.45, 2.75) is 64.0 Å². The van der Waals surface area contributed by atoms with Crippen LogP contribution in [0.4, 0.5) is 5.82 Å². The minimum absolute atomic E-state index is 0.224. The summed E-state index contributed by atoms with van der Waals surface area (Å²) in [6, 6.07) is 0.377. The van der Waals surface area contributed by atoms with Crippen molar-refractivity contribution >= 4 is 27.4 Å². The summed E-state index contributed by atoms with van der Waals surface area (Å²) in [5.41, 5.74) is 2.16. The number of aliphatic hydroxyl groups is 1. The molecule has 0 saturated carbocycles. The molecule has 1 aliphatic heterocycles. The van der Waals surface area contributed by atoms with Crippen LogP contribution in [0.2, 0.25) is 0 Å². The van der Waals surface area contributed by atoms with Crippen LogP contribution in [0.5, 0.6) is 0 Å². The number of hydrogen-bond donors (Lipinski definition) is 2. The molecule has 2 N–H and O–H groups in total. The Kier molecular flexibility index (Phi) is 6.11. The molecule has 164 valence electrons. The van der Waals surface area contributed by atoms with Gasteiger partial charge in [0.05, 0.1) is 17.7 Å². The molecule has 7 nitrogen and oxygen atoms in total. The lowest BCUT2D eigenvalue weighted by atomic mass is 9.96. The lowest BCUT2D eigenvalue weighted by molar-refractivity contribution is 0.0962. The van der Waals surface area contributed by atoms with E-state index in [4.69, 9.17) is 9.97 Å². The van der Waals surface area contributed by atoms with Crippen LogP contribution in [0.15, 0.2) is 18.6 Å². The van der Waals surface area contributed by atoms with Crippen molar-refractivity contribution in [2.75, 3.05) is 25.0 Å². The maximum atomic E-state index is 9.97. The smallest absolute Gasteiger partial charge is 0.183 e. The fourth-order valence-corrected chi connectivity index (χ4v) is 5.93. The van der Waals surface area contributed by atoms with Gasteiger partial charge in [0.25, 0.3) is 0 Å². The number of hydrogen-bond acceptors (Lipinski definition) is 8. The Hall–Kier alpha value is -2.16. The minimum Gasteiger partial charge on any atom is -0.392 e. The van der Waals surface area contributed by atoms with Crippen LogP contribution in [0.25, 0.3) is 21.7 Å². The highest BCUT2D eigenvalue weighted by molar-refractivity contribution is 7.19. The predicted octanol–water partition coefficient (Wildman–Crippen LogP) is 3.67. The number of piperidine rings is 1. The number of aromatic nitrogens is 4. The highest BCUT2D eigenvalue weighted by atomic mass is 32.1. The summed E-state index contributed by atoms with van der Waals surface area (Å²) in [5.74, 6) is 1.60. The van der Waals surface area contributed by atoms with Crippen molar-refractivity contribution in [2.24, 2.45) is 0 Å². The fraction of sp³-hybridized carbons (Fsp3) is 0.565. The van der Waals surface area contributed by atoms with Gasteiger partial charge in [0.15, 0.2) is 5.82 Å². The number of fused-ring (bicyclic) bond motifs is 3. The molecule has 8 heteroatoms. The van der Waals surface area contributed by atoms with Gasteiger partial charge in [-0.25, -0.2) is 15.0 Å². The number of rotatable bonds is 6. The summed E-state index contributed by atoms with van der Waals surface area (Å²) in [5, 5.41) is 15.0. The van der Waals surface area contributed by atoms with Crippen LogP contribution in [-0.2, 0) is 12.8 Å². The number of anilines is 1. The number of aryl methyl sites for hydroxylation is 2. The van der Waals surface area contributed by atoms with E-state index in [1.165, 1.54) is 28.7 Å². The molecule has 5 rings (SSSR count). The first-order valence-electron chi connectivity index (χ1n) is 11.5. The van der Waals surface area contributed by atoms with E-state index in [1.807, 2.05) is 18.3 Å². The second-order valence-electron chi connectivity index (χ2n) is 8.66. The molecule has 1 aliphatic carbocycles. The third-order valence-corrected chi connectivity index (χ3v) is 7.66. The molecular weight excluding hydrogens is 408 g/mol. The van der Waals surface area contributed by atoms with Gasteiger partial charge < -0.3 is 15.3 Å². The average molecular weight is 439 g/mol. The Morgan fingerprint density at radius 2 is 2.03 bits per heavy atom. The summed E-state index contributed by atoms with van der Waals surface area (Å²) < 4.78 is 0. The molecule has 3 aromatic heterocycles. The van der Waals surface area contributed by atoms with E-state index in [0.717, 1.165) is 62.4 Å². The molecule has 0 unspecified atom stereocenters. The van der Waals surface area contributed by atoms with E-state index >= 15 is 0 Å². The molecule has 3 aromatic rings. The maximum absolute atomic E-state index is 9.97. The molecule has 1 fully saturated rings. The Morgan fingerprint density at radius 1 is 1.19 bits per heavy atom. The third kappa shape index (κ3) is 4.42. The zero-order chi connectivity index (χ0) is 21.2. The Bertz CT molecular complexity index is 1030. The topological polar surface area (TPSA) is 87.1 Å². The van der Waals surface area contributed by atoms with Crippen molar-refractivity contribution in [3.8, 4) is 11.5 Å². The molecule has 31 heavy (non-hydrogen) atoms. The first-order valence-corrected chi connectivity index (χ1v) is 12.3. The van der Waals surface area contributed by atoms with Gasteiger partial charge in [-0.05, 0) is 50.5 Å². The van der Waals surface area contributed by atoms with Crippen molar-refractivity contribution < 1.29 is 5.11 Å². The van der Waals surface area contributed by atoms with Gasteiger partial charge in [0.2, 0.25) is 0 Å². The van der Waals surface area contributed by atoms with E-state index in [2.05, 4.69) is 20.2 Å². The number of nitrogens with zero attached hydrogens (tertiary/aromatic N) is 5. The Balaban J connectivity index is 1.43. The minimum atomic E-state index is -0.224. The first-order chi connectivity index (χ1) is 15.2. The molecule has 4 heterocycles. The molecule has 0 amide bonds. The van der Waals surface area contributed by atoms with Crippen molar-refractivity contribution in [1.82, 2.24) is 24.8 Å². The summed E-state index contributed by atoms with van der Waals surface area (Å²) in [7, 11) is 0. The van der Waals surface area contributed by atoms with E-state index < -0.39 is 0 Å². The number of nitrogens with one attached hydrogen (secondary N) is 1. The van der Waals surface area contributed by atoms with E-state index in [9.17, 15) is 5.11 Å². The summed E-state index contributed by atoms with van der Waals surface area (Å²) in [6.07, 6.45) is 12.5. The number of aliphatic hydroxyl groups excluding tert-OH is 1. The largest absolute Gasteiger partial charge is 0.392 e. The van der Waals surface area contributed by atoms with Crippen LogP contribution in [0.1, 0.15) is 49.5 Å². The molecule has 0 radical (unpaired) electrons. The SMILES string of the molecule is CC[C@@H](O)CN1CCC(Nc2nc(-c3cnccn3)nc3sc4c(c23)CCCC4)CC1. The monoisotopic (exact) mass is 438 g/mol. The van der Waals surface area contributed by atoms with Crippen LogP contribution in [0.3, 0.4) is 0 Å². The van der Waals surface area contributed by atoms with Gasteiger partial charge in [0.1, 0.15) is 16.3 Å². The lowest BCUT2D eigenvalue weighted by Crippen LogP contribution is -2.42. The van der Waals surface area contributed by atoms with Crippen LogP contribution < -0.4 is 5.32 Å². The number of likely N-dealkylation sites (tertiary alicyclic amines) is 1. The molecule has 0 spiro atoms. The standard InChI is InChI=1S/C23H30N6OS/c1-2-16(30)14-29-11-7-15(8-12-29)26-22-20-17-5-3-4-6-19(17)31-23(20)28-21(27-22)18-13-24-9-10-25-18/h9-10,13,15-16,30H,2-8,11-12,14H2,1H3,(H,26,27,28)/t16-/m1/s1. The van der Waals surface area contributed by atoms with Gasteiger partial charge in [-0.1, -0.05) is 6.92 Å². The molecule has 1 atom stereocenters. The fourth-order valence-electron chi connectivity index (χ4n) is 4.67. The van der Waals surface area contributed by atoms with Crippen molar-refractivity contribution in [3.05, 3.63) is 29.0 Å². The number of β-amino-alcohol motifs (C(OH)–C–C–N with tert-alkyl or cyclic N) is 1. The zero-order valence-electron chi connectivity index (χ0n) is 18.0. The summed E-state index contributed by atoms with van der Waals surface area (Å²) in [6.45, 7) is 4.81. The van der Waals surface area contributed by atoms with Gasteiger partial charge in [-0.3, -0.25) is 4.98 Å². The quantitative estimate of drug-likeness (QED) is 0.607. The van der Waals surface area contributed by atoms with Gasteiger partial charge in [0, 0.05) is 42.9 Å². The van der Waals surface area contributed by atoms with Gasteiger partial charge >= 0.3 is 0 Å². The summed E-state index contributed by atoms with van der Waals surface area (Å²) >= 11 is 1.82. The first kappa shape index (κ1) is 20.7. The summed E-state index contributed by atoms with van der Waals surface area (Å²) in [4.78, 5) is 23.4. The van der Waals surface area contributed by atoms with Crippen LogP contribution >= 0.6 is 11.3 Å². The van der Waals surface area contributed by atoms with E-state index in [-0.39, 0.29) is 6.10 Å². The molecule has 0 bridgehead atoms. The van der Waals surface area contributed by atoms with Gasteiger partial charge in [-0.2, -0.15) is 0 Å². The highest BCUT2D eigenvalue weighted by Crippen LogP contribution is 2.40. The van der Waals surface area contributed by atoms with E-state index in [0.29, 0.717) is 17.6 Å². The maximum Gasteiger partial charge on any atom is 0.183 e. The molecule has 0 aromatic carbocycles. The average Bonchev–Trinajstić information content (AvgIpc) is 3.19. The molecular formula is C23H30N6OS. The van der Waals surface area contributed by atoms with Gasteiger partial charge in [-0.15, -0.1) is 11.3 Å². The normalized spacial score (nSPS) is 18.8. The lowest BCUT2D eigenvalue weighted by Gasteiger charge is -2.33. The second kappa shape index (κ2) is 9.14. The van der Waals surface area contributed by atoms with Crippen molar-refractivity contribution in [3.63, 3.8) is 0 Å². The number of thiophene rings is 1.